The highest BCUT2D eigenvalue weighted by Crippen LogP contribution is 2.25. The van der Waals surface area contributed by atoms with Gasteiger partial charge in [-0.05, 0) is 13.8 Å². The molecule has 0 N–H and O–H groups in total. The molecule has 0 amide bonds. The normalized spacial score (nSPS) is 17.5. The fourth-order valence-corrected chi connectivity index (χ4v) is 4.09. The zero-order valence-corrected chi connectivity index (χ0v) is 15.9. The molecule has 1 saturated heterocycles. The number of aromatic nitrogens is 3. The molecule has 1 aromatic carbocycles. The Morgan fingerprint density at radius 3 is 2.58 bits per heavy atom. The van der Waals surface area contributed by atoms with E-state index < -0.39 is 0 Å². The van der Waals surface area contributed by atoms with Gasteiger partial charge in [0.15, 0.2) is 5.82 Å². The minimum Gasteiger partial charge on any atom is -0.338 e. The third-order valence-corrected chi connectivity index (χ3v) is 5.75. The van der Waals surface area contributed by atoms with Crippen LogP contribution in [0.1, 0.15) is 30.4 Å². The summed E-state index contributed by atoms with van der Waals surface area (Å²) in [5.41, 5.74) is 2.35. The number of hydrogen-bond donors (Lipinski definition) is 0. The number of nitrogens with zero attached hydrogens (tertiary/aromatic N) is 5. The Morgan fingerprint density at radius 1 is 1.12 bits per heavy atom. The molecule has 0 spiro atoms. The molecule has 6 nitrogen and oxygen atoms in total. The van der Waals surface area contributed by atoms with Crippen LogP contribution in [-0.2, 0) is 6.54 Å². The van der Waals surface area contributed by atoms with E-state index in [9.17, 15) is 0 Å². The van der Waals surface area contributed by atoms with Gasteiger partial charge in [0.25, 0.3) is 0 Å². The van der Waals surface area contributed by atoms with Crippen LogP contribution in [0.3, 0.4) is 0 Å². The van der Waals surface area contributed by atoms with Gasteiger partial charge < -0.3 is 4.52 Å². The van der Waals surface area contributed by atoms with E-state index in [-0.39, 0.29) is 6.04 Å². The lowest BCUT2D eigenvalue weighted by molar-refractivity contribution is 0.0840. The van der Waals surface area contributed by atoms with E-state index in [2.05, 4.69) is 56.5 Å². The monoisotopic (exact) mass is 369 g/mol. The maximum absolute atomic E-state index is 5.32. The number of benzene rings is 1. The smallest absolute Gasteiger partial charge is 0.243 e. The van der Waals surface area contributed by atoms with E-state index in [1.54, 1.807) is 11.3 Å². The zero-order valence-electron chi connectivity index (χ0n) is 15.1. The Morgan fingerprint density at radius 2 is 1.88 bits per heavy atom. The van der Waals surface area contributed by atoms with E-state index >= 15 is 0 Å². The third kappa shape index (κ3) is 3.85. The average molecular weight is 369 g/mol. The second-order valence-electron chi connectivity index (χ2n) is 6.68. The third-order valence-electron chi connectivity index (χ3n) is 4.81. The molecule has 1 aliphatic rings. The minimum atomic E-state index is 0.169. The van der Waals surface area contributed by atoms with Crippen LogP contribution in [0.5, 0.6) is 0 Å². The molecule has 0 bridgehead atoms. The van der Waals surface area contributed by atoms with Crippen LogP contribution in [0.4, 0.5) is 0 Å². The number of aryl methyl sites for hydroxylation is 1. The summed E-state index contributed by atoms with van der Waals surface area (Å²) in [6, 6.07) is 10.5. The summed E-state index contributed by atoms with van der Waals surface area (Å²) in [6.45, 7) is 8.94. The van der Waals surface area contributed by atoms with Crippen molar-refractivity contribution in [3.8, 4) is 10.6 Å². The van der Waals surface area contributed by atoms with Crippen molar-refractivity contribution in [2.75, 3.05) is 26.2 Å². The zero-order chi connectivity index (χ0) is 17.9. The lowest BCUT2D eigenvalue weighted by Crippen LogP contribution is -2.46. The summed E-state index contributed by atoms with van der Waals surface area (Å²) < 4.78 is 5.32. The Balaban J connectivity index is 1.32. The van der Waals surface area contributed by atoms with Crippen LogP contribution in [-0.4, -0.2) is 51.1 Å². The van der Waals surface area contributed by atoms with Gasteiger partial charge in [0.05, 0.1) is 11.7 Å². The summed E-state index contributed by atoms with van der Waals surface area (Å²) in [4.78, 5) is 14.0. The van der Waals surface area contributed by atoms with Gasteiger partial charge in [0.2, 0.25) is 5.89 Å². The molecule has 0 radical (unpaired) electrons. The Labute approximate surface area is 157 Å². The van der Waals surface area contributed by atoms with Crippen LogP contribution in [0.15, 0.2) is 40.2 Å². The molecule has 7 heteroatoms. The van der Waals surface area contributed by atoms with Crippen molar-refractivity contribution in [2.24, 2.45) is 0 Å². The molecule has 4 rings (SSSR count). The summed E-state index contributed by atoms with van der Waals surface area (Å²) in [7, 11) is 0. The molecule has 3 aromatic rings. The average Bonchev–Trinajstić information content (AvgIpc) is 3.32. The largest absolute Gasteiger partial charge is 0.338 e. The second kappa shape index (κ2) is 7.65. The van der Waals surface area contributed by atoms with E-state index in [1.165, 1.54) is 5.56 Å². The first-order valence-corrected chi connectivity index (χ1v) is 9.83. The van der Waals surface area contributed by atoms with Crippen molar-refractivity contribution in [3.05, 3.63) is 53.1 Å². The van der Waals surface area contributed by atoms with Crippen molar-refractivity contribution in [2.45, 2.75) is 26.4 Å². The Bertz CT molecular complexity index is 839. The second-order valence-corrected chi connectivity index (χ2v) is 7.54. The molecule has 26 heavy (non-hydrogen) atoms. The van der Waals surface area contributed by atoms with Crippen molar-refractivity contribution in [1.82, 2.24) is 24.9 Å². The molecule has 1 fully saturated rings. The molecule has 1 atom stereocenters. The summed E-state index contributed by atoms with van der Waals surface area (Å²) >= 11 is 1.72. The van der Waals surface area contributed by atoms with Crippen molar-refractivity contribution in [3.63, 3.8) is 0 Å². The summed E-state index contributed by atoms with van der Waals surface area (Å²) in [5, 5.41) is 7.18. The van der Waals surface area contributed by atoms with Crippen LogP contribution < -0.4 is 0 Å². The van der Waals surface area contributed by atoms with E-state index in [0.29, 0.717) is 11.7 Å². The number of thiazole rings is 1. The standard InChI is InChI=1S/C19H23N5OS/c1-14(18-20-15(2)22-25-18)24-10-8-23(9-11-24)12-17-13-26-19(21-17)16-6-4-3-5-7-16/h3-7,13-14H,8-12H2,1-2H3. The first-order valence-electron chi connectivity index (χ1n) is 8.95. The molecule has 0 aliphatic carbocycles. The van der Waals surface area contributed by atoms with Gasteiger partial charge >= 0.3 is 0 Å². The number of piperazine rings is 1. The minimum absolute atomic E-state index is 0.169. The van der Waals surface area contributed by atoms with Gasteiger partial charge in [-0.3, -0.25) is 9.80 Å². The molecular weight excluding hydrogens is 346 g/mol. The van der Waals surface area contributed by atoms with Crippen molar-refractivity contribution >= 4 is 11.3 Å². The predicted octanol–water partition coefficient (Wildman–Crippen LogP) is 3.38. The SMILES string of the molecule is Cc1noc(C(C)N2CCN(Cc3csc(-c4ccccc4)n3)CC2)n1. The fourth-order valence-electron chi connectivity index (χ4n) is 3.27. The summed E-state index contributed by atoms with van der Waals surface area (Å²) in [5.74, 6) is 1.41. The summed E-state index contributed by atoms with van der Waals surface area (Å²) in [6.07, 6.45) is 0. The quantitative estimate of drug-likeness (QED) is 0.687. The van der Waals surface area contributed by atoms with E-state index in [1.807, 2.05) is 13.0 Å². The first-order chi connectivity index (χ1) is 12.7. The number of rotatable bonds is 5. The molecule has 1 aliphatic heterocycles. The van der Waals surface area contributed by atoms with Gasteiger partial charge in [0.1, 0.15) is 5.01 Å². The van der Waals surface area contributed by atoms with Crippen LogP contribution in [0.2, 0.25) is 0 Å². The van der Waals surface area contributed by atoms with Gasteiger partial charge in [-0.1, -0.05) is 35.5 Å². The van der Waals surface area contributed by atoms with Gasteiger partial charge in [-0.2, -0.15) is 4.98 Å². The van der Waals surface area contributed by atoms with Gasteiger partial charge in [-0.25, -0.2) is 4.98 Å². The molecule has 2 aromatic heterocycles. The molecule has 136 valence electrons. The lowest BCUT2D eigenvalue weighted by atomic mass is 10.2. The first kappa shape index (κ1) is 17.3. The van der Waals surface area contributed by atoms with Crippen LogP contribution >= 0.6 is 11.3 Å². The van der Waals surface area contributed by atoms with Crippen LogP contribution in [0, 0.1) is 6.92 Å². The maximum atomic E-state index is 5.32. The fraction of sp³-hybridized carbons (Fsp3) is 0.421. The van der Waals surface area contributed by atoms with E-state index in [0.717, 1.165) is 43.4 Å². The number of hydrogen-bond acceptors (Lipinski definition) is 7. The van der Waals surface area contributed by atoms with E-state index in [4.69, 9.17) is 9.51 Å². The topological polar surface area (TPSA) is 58.3 Å². The van der Waals surface area contributed by atoms with Crippen LogP contribution in [0.25, 0.3) is 10.6 Å². The van der Waals surface area contributed by atoms with Crippen molar-refractivity contribution in [1.29, 1.82) is 0 Å². The van der Waals surface area contributed by atoms with Crippen molar-refractivity contribution < 1.29 is 4.52 Å². The highest BCUT2D eigenvalue weighted by atomic mass is 32.1. The molecular formula is C19H23N5OS. The predicted molar refractivity (Wildman–Crippen MR) is 102 cm³/mol. The van der Waals surface area contributed by atoms with Gasteiger partial charge in [0, 0.05) is 43.7 Å². The molecule has 3 heterocycles. The van der Waals surface area contributed by atoms with Gasteiger partial charge in [-0.15, -0.1) is 11.3 Å². The Kier molecular flexibility index (Phi) is 5.10. The maximum Gasteiger partial charge on any atom is 0.243 e. The molecule has 0 saturated carbocycles. The highest BCUT2D eigenvalue weighted by Gasteiger charge is 2.25. The highest BCUT2D eigenvalue weighted by molar-refractivity contribution is 7.13. The molecule has 1 unspecified atom stereocenters. The lowest BCUT2D eigenvalue weighted by Gasteiger charge is -2.36. The Hall–Kier alpha value is -2.09.